The number of hydrogen-bond donors (Lipinski definition) is 1. The zero-order valence-corrected chi connectivity index (χ0v) is 4.81. The van der Waals surface area contributed by atoms with Crippen LogP contribution in [0.15, 0.2) is 0 Å². The SMILES string of the molecule is CCO.[O-2].[O-2].[V+4]. The van der Waals surface area contributed by atoms with Gasteiger partial charge in [0.05, 0.1) is 0 Å². The van der Waals surface area contributed by atoms with E-state index in [4.69, 9.17) is 5.11 Å². The van der Waals surface area contributed by atoms with Crippen molar-refractivity contribution in [2.45, 2.75) is 6.92 Å². The summed E-state index contributed by atoms with van der Waals surface area (Å²) < 4.78 is 0. The van der Waals surface area contributed by atoms with Gasteiger partial charge in [-0.2, -0.15) is 0 Å². The van der Waals surface area contributed by atoms with Crippen LogP contribution < -0.4 is 0 Å². The molecule has 6 heavy (non-hydrogen) atoms. The minimum absolute atomic E-state index is 0. The van der Waals surface area contributed by atoms with Crippen molar-refractivity contribution in [1.29, 1.82) is 0 Å². The smallest absolute Gasteiger partial charge is 2.00 e. The zero-order chi connectivity index (χ0) is 2.71. The molecule has 0 heterocycles. The van der Waals surface area contributed by atoms with Crippen LogP contribution in [-0.4, -0.2) is 11.7 Å². The minimum Gasteiger partial charge on any atom is -2.00 e. The molecule has 3 nitrogen and oxygen atoms in total. The van der Waals surface area contributed by atoms with E-state index in [1.807, 2.05) is 0 Å². The van der Waals surface area contributed by atoms with Crippen molar-refractivity contribution in [3.63, 3.8) is 0 Å². The van der Waals surface area contributed by atoms with E-state index >= 15 is 0 Å². The molecule has 0 saturated carbocycles. The summed E-state index contributed by atoms with van der Waals surface area (Å²) in [7, 11) is 0. The van der Waals surface area contributed by atoms with E-state index in [1.54, 1.807) is 6.92 Å². The molecule has 37 valence electrons. The van der Waals surface area contributed by atoms with Crippen molar-refractivity contribution in [1.82, 2.24) is 0 Å². The quantitative estimate of drug-likeness (QED) is 0.481. The van der Waals surface area contributed by atoms with Crippen molar-refractivity contribution >= 4 is 0 Å². The van der Waals surface area contributed by atoms with Crippen LogP contribution in [-0.2, 0) is 29.5 Å². The van der Waals surface area contributed by atoms with Gasteiger partial charge in [-0.15, -0.1) is 0 Å². The Hall–Kier alpha value is 0.464. The summed E-state index contributed by atoms with van der Waals surface area (Å²) in [6, 6.07) is 0. The normalized spacial score (nSPS) is 3.00. The molecule has 0 rings (SSSR count). The van der Waals surface area contributed by atoms with Crippen molar-refractivity contribution in [3.8, 4) is 0 Å². The second kappa shape index (κ2) is 50.8. The first-order valence-corrected chi connectivity index (χ1v) is 1.02. The molecule has 1 N–H and O–H groups in total. The summed E-state index contributed by atoms with van der Waals surface area (Å²) in [5.41, 5.74) is 0. The third-order valence-corrected chi connectivity index (χ3v) is 0. The van der Waals surface area contributed by atoms with Gasteiger partial charge in [-0.3, -0.25) is 0 Å². The van der Waals surface area contributed by atoms with Crippen LogP contribution in [0, 0.1) is 0 Å². The average molecular weight is 129 g/mol. The van der Waals surface area contributed by atoms with Crippen molar-refractivity contribution in [2.75, 3.05) is 6.61 Å². The molecule has 0 aromatic rings. The molecule has 0 aromatic carbocycles. The molecule has 0 amide bonds. The molecule has 0 aliphatic carbocycles. The Morgan fingerprint density at radius 3 is 1.33 bits per heavy atom. The van der Waals surface area contributed by atoms with Crippen LogP contribution in [0.1, 0.15) is 6.92 Å². The monoisotopic (exact) mass is 129 g/mol. The molecular formula is C2H6O3V. The van der Waals surface area contributed by atoms with Gasteiger partial charge >= 0.3 is 18.6 Å². The Labute approximate surface area is 48.9 Å². The first-order valence-electron chi connectivity index (χ1n) is 1.02. The van der Waals surface area contributed by atoms with E-state index in [-0.39, 0.29) is 36.1 Å². The van der Waals surface area contributed by atoms with Crippen LogP contribution in [0.4, 0.5) is 0 Å². The average Bonchev–Trinajstić information content (AvgIpc) is 0.918. The molecule has 0 aromatic heterocycles. The molecule has 0 atom stereocenters. The Balaban J connectivity index is -0.00000000667. The molecule has 0 aliphatic rings. The maximum absolute atomic E-state index is 7.57. The van der Waals surface area contributed by atoms with E-state index in [0.717, 1.165) is 0 Å². The predicted octanol–water partition coefficient (Wildman–Crippen LogP) is -0.241. The second-order valence-corrected chi connectivity index (χ2v) is 0.316. The maximum Gasteiger partial charge on any atom is 4.00 e. The Bertz CT molecular complexity index is 8.75. The van der Waals surface area contributed by atoms with Crippen LogP contribution in [0.2, 0.25) is 0 Å². The van der Waals surface area contributed by atoms with Gasteiger partial charge in [0.15, 0.2) is 0 Å². The van der Waals surface area contributed by atoms with Gasteiger partial charge in [0, 0.05) is 6.61 Å². The fraction of sp³-hybridized carbons (Fsp3) is 1.00. The molecule has 1 radical (unpaired) electrons. The second-order valence-electron chi connectivity index (χ2n) is 0.316. The van der Waals surface area contributed by atoms with Gasteiger partial charge < -0.3 is 16.1 Å². The van der Waals surface area contributed by atoms with Gasteiger partial charge in [-0.1, -0.05) is 0 Å². The van der Waals surface area contributed by atoms with E-state index in [0.29, 0.717) is 0 Å². The summed E-state index contributed by atoms with van der Waals surface area (Å²) >= 11 is 0. The first kappa shape index (κ1) is 31.8. The number of aliphatic hydroxyl groups is 1. The standard InChI is InChI=1S/C2H6O.2O.V/c1-2-3;;;/h3H,2H2,1H3;;;/q;2*-2;+4. The fourth-order valence-electron chi connectivity index (χ4n) is 0. The third-order valence-electron chi connectivity index (χ3n) is 0. The number of aliphatic hydroxyl groups excluding tert-OH is 1. The van der Waals surface area contributed by atoms with Crippen LogP contribution in [0.25, 0.3) is 0 Å². The predicted molar refractivity (Wildman–Crippen MR) is 14.1 cm³/mol. The fourth-order valence-corrected chi connectivity index (χ4v) is 0. The Morgan fingerprint density at radius 1 is 1.33 bits per heavy atom. The maximum atomic E-state index is 7.57. The molecule has 0 unspecified atom stereocenters. The molecular weight excluding hydrogens is 123 g/mol. The van der Waals surface area contributed by atoms with Gasteiger partial charge in [-0.25, -0.2) is 0 Å². The number of hydrogen-bond acceptors (Lipinski definition) is 1. The molecule has 0 saturated heterocycles. The molecule has 0 bridgehead atoms. The zero-order valence-electron chi connectivity index (χ0n) is 3.42. The largest absolute Gasteiger partial charge is 4.00 e. The van der Waals surface area contributed by atoms with Gasteiger partial charge in [0.1, 0.15) is 0 Å². The minimum atomic E-state index is 0. The van der Waals surface area contributed by atoms with Crippen molar-refractivity contribution in [2.24, 2.45) is 0 Å². The summed E-state index contributed by atoms with van der Waals surface area (Å²) in [4.78, 5) is 0. The van der Waals surface area contributed by atoms with E-state index < -0.39 is 0 Å². The van der Waals surface area contributed by atoms with Gasteiger partial charge in [-0.05, 0) is 6.92 Å². The van der Waals surface area contributed by atoms with Crippen LogP contribution >= 0.6 is 0 Å². The van der Waals surface area contributed by atoms with Crippen molar-refractivity contribution in [3.05, 3.63) is 0 Å². The molecule has 0 spiro atoms. The van der Waals surface area contributed by atoms with E-state index in [2.05, 4.69) is 0 Å². The summed E-state index contributed by atoms with van der Waals surface area (Å²) in [5, 5.41) is 7.57. The topological polar surface area (TPSA) is 77.2 Å². The molecule has 0 fully saturated rings. The first-order chi connectivity index (χ1) is 1.41. The van der Waals surface area contributed by atoms with Gasteiger partial charge in [0.2, 0.25) is 0 Å². The Kier molecular flexibility index (Phi) is 269. The van der Waals surface area contributed by atoms with Crippen molar-refractivity contribution < 1.29 is 34.6 Å². The summed E-state index contributed by atoms with van der Waals surface area (Å²) in [6.07, 6.45) is 0. The molecule has 0 aliphatic heterocycles. The Morgan fingerprint density at radius 2 is 1.33 bits per heavy atom. The van der Waals surface area contributed by atoms with E-state index in [1.165, 1.54) is 0 Å². The third kappa shape index (κ3) is 248. The summed E-state index contributed by atoms with van der Waals surface area (Å²) in [5.74, 6) is 0. The van der Waals surface area contributed by atoms with Crippen LogP contribution in [0.3, 0.4) is 0 Å². The van der Waals surface area contributed by atoms with Gasteiger partial charge in [0.25, 0.3) is 0 Å². The number of rotatable bonds is 0. The van der Waals surface area contributed by atoms with Crippen LogP contribution in [0.5, 0.6) is 0 Å². The van der Waals surface area contributed by atoms with E-state index in [9.17, 15) is 0 Å². The summed E-state index contributed by atoms with van der Waals surface area (Å²) in [6.45, 7) is 1.93. The molecule has 4 heteroatoms.